The summed E-state index contributed by atoms with van der Waals surface area (Å²) in [5, 5.41) is 2.49. The number of pyridine rings is 1. The van der Waals surface area contributed by atoms with Gasteiger partial charge in [-0.1, -0.05) is 44.5 Å². The first-order valence-corrected chi connectivity index (χ1v) is 7.96. The topological polar surface area (TPSA) is 42.0 Å². The average molecular weight is 371 g/mol. The third-order valence-corrected chi connectivity index (χ3v) is 3.98. The van der Waals surface area contributed by atoms with Crippen LogP contribution in [0.3, 0.4) is 0 Å². The van der Waals surface area contributed by atoms with Gasteiger partial charge in [-0.05, 0) is 29.2 Å². The molecule has 1 heterocycles. The van der Waals surface area contributed by atoms with Gasteiger partial charge >= 0.3 is 6.18 Å². The number of alkyl halides is 3. The first kappa shape index (κ1) is 19.2. The van der Waals surface area contributed by atoms with Gasteiger partial charge in [0.05, 0.1) is 22.8 Å². The largest absolute Gasteiger partial charge is 0.417 e. The van der Waals surface area contributed by atoms with Crippen molar-refractivity contribution in [2.24, 2.45) is 0 Å². The van der Waals surface area contributed by atoms with E-state index in [1.54, 1.807) is 18.2 Å². The number of rotatable bonds is 3. The number of hydrogen-bond acceptors (Lipinski definition) is 2. The van der Waals surface area contributed by atoms with Gasteiger partial charge in [0, 0.05) is 11.8 Å². The Balaban J connectivity index is 2.10. The summed E-state index contributed by atoms with van der Waals surface area (Å²) in [4.78, 5) is 16.0. The molecule has 1 aromatic carbocycles. The van der Waals surface area contributed by atoms with E-state index in [9.17, 15) is 18.0 Å². The number of hydrogen-bond donors (Lipinski definition) is 1. The van der Waals surface area contributed by atoms with Gasteiger partial charge in [-0.25, -0.2) is 0 Å². The summed E-state index contributed by atoms with van der Waals surface area (Å²) in [6.07, 6.45) is -3.81. The molecule has 0 bridgehead atoms. The lowest BCUT2D eigenvalue weighted by Gasteiger charge is -2.19. The van der Waals surface area contributed by atoms with Crippen molar-refractivity contribution in [3.05, 3.63) is 63.9 Å². The number of halogens is 4. The van der Waals surface area contributed by atoms with Crippen molar-refractivity contribution in [1.29, 1.82) is 0 Å². The predicted octanol–water partition coefficient (Wildman–Crippen LogP) is 4.98. The molecule has 1 N–H and O–H groups in total. The van der Waals surface area contributed by atoms with E-state index in [4.69, 9.17) is 11.6 Å². The van der Waals surface area contributed by atoms with Gasteiger partial charge in [-0.15, -0.1) is 0 Å². The molecule has 0 aliphatic rings. The van der Waals surface area contributed by atoms with Gasteiger partial charge < -0.3 is 5.32 Å². The third-order valence-electron chi connectivity index (χ3n) is 3.65. The summed E-state index contributed by atoms with van der Waals surface area (Å²) >= 11 is 5.84. The van der Waals surface area contributed by atoms with Gasteiger partial charge in [0.25, 0.3) is 5.91 Å². The Morgan fingerprint density at radius 1 is 1.16 bits per heavy atom. The maximum absolute atomic E-state index is 12.6. The Morgan fingerprint density at radius 3 is 2.40 bits per heavy atom. The zero-order valence-electron chi connectivity index (χ0n) is 14.0. The van der Waals surface area contributed by atoms with Crippen molar-refractivity contribution in [3.8, 4) is 0 Å². The molecule has 2 aromatic rings. The summed E-state index contributed by atoms with van der Waals surface area (Å²) in [5.41, 5.74) is 0.621. The minimum atomic E-state index is -4.51. The van der Waals surface area contributed by atoms with Crippen LogP contribution in [0.4, 0.5) is 13.2 Å². The molecule has 1 amide bonds. The van der Waals surface area contributed by atoms with E-state index in [-0.39, 0.29) is 28.6 Å². The Labute approximate surface area is 149 Å². The van der Waals surface area contributed by atoms with Gasteiger partial charge in [-0.3, -0.25) is 9.78 Å². The normalized spacial score (nSPS) is 12.1. The fourth-order valence-electron chi connectivity index (χ4n) is 2.14. The van der Waals surface area contributed by atoms with Crippen LogP contribution in [-0.4, -0.2) is 10.9 Å². The minimum Gasteiger partial charge on any atom is -0.346 e. The van der Waals surface area contributed by atoms with Gasteiger partial charge in [0.2, 0.25) is 0 Å². The minimum absolute atomic E-state index is 0.0600. The third kappa shape index (κ3) is 4.95. The lowest BCUT2D eigenvalue weighted by Crippen LogP contribution is -2.24. The van der Waals surface area contributed by atoms with Crippen molar-refractivity contribution in [3.63, 3.8) is 0 Å². The number of nitrogens with one attached hydrogen (secondary N) is 1. The van der Waals surface area contributed by atoms with Crippen LogP contribution >= 0.6 is 11.6 Å². The molecular formula is C18H18ClF3N2O. The fourth-order valence-corrected chi connectivity index (χ4v) is 2.38. The lowest BCUT2D eigenvalue weighted by molar-refractivity contribution is -0.137. The number of carbonyl (C=O) groups is 1. The van der Waals surface area contributed by atoms with Crippen LogP contribution in [0.1, 0.15) is 48.0 Å². The maximum Gasteiger partial charge on any atom is 0.417 e. The summed E-state index contributed by atoms with van der Waals surface area (Å²) in [7, 11) is 0. The van der Waals surface area contributed by atoms with Crippen LogP contribution in [-0.2, 0) is 18.1 Å². The van der Waals surface area contributed by atoms with Crippen LogP contribution in [0.25, 0.3) is 0 Å². The fraction of sp³-hybridized carbons (Fsp3) is 0.333. The van der Waals surface area contributed by atoms with Crippen LogP contribution in [0.5, 0.6) is 0 Å². The molecule has 7 heteroatoms. The molecule has 0 spiro atoms. The molecule has 0 atom stereocenters. The second-order valence-electron chi connectivity index (χ2n) is 6.66. The average Bonchev–Trinajstić information content (AvgIpc) is 2.51. The van der Waals surface area contributed by atoms with Crippen molar-refractivity contribution < 1.29 is 18.0 Å². The quantitative estimate of drug-likeness (QED) is 0.827. The molecule has 2 rings (SSSR count). The molecular weight excluding hydrogens is 353 g/mol. The van der Waals surface area contributed by atoms with Crippen molar-refractivity contribution in [2.75, 3.05) is 0 Å². The highest BCUT2D eigenvalue weighted by atomic mass is 35.5. The van der Waals surface area contributed by atoms with E-state index < -0.39 is 11.7 Å². The van der Waals surface area contributed by atoms with Gasteiger partial charge in [-0.2, -0.15) is 13.2 Å². The van der Waals surface area contributed by atoms with Crippen molar-refractivity contribution in [2.45, 2.75) is 38.9 Å². The first-order chi connectivity index (χ1) is 11.5. The van der Waals surface area contributed by atoms with Gasteiger partial charge in [0.15, 0.2) is 0 Å². The molecule has 3 nitrogen and oxygen atoms in total. The number of aromatic nitrogens is 1. The SMILES string of the molecule is CC(C)(C)c1cccc(C(=O)NCc2ncc(C(F)(F)F)cc2Cl)c1. The lowest BCUT2D eigenvalue weighted by atomic mass is 9.86. The number of amides is 1. The zero-order chi connectivity index (χ0) is 18.8. The first-order valence-electron chi connectivity index (χ1n) is 7.59. The summed E-state index contributed by atoms with van der Waals surface area (Å²) in [5.74, 6) is -0.344. The highest BCUT2D eigenvalue weighted by Crippen LogP contribution is 2.31. The van der Waals surface area contributed by atoms with Crippen LogP contribution < -0.4 is 5.32 Å². The number of nitrogens with zero attached hydrogens (tertiary/aromatic N) is 1. The van der Waals surface area contributed by atoms with E-state index >= 15 is 0 Å². The standard InChI is InChI=1S/C18H18ClF3N2O/c1-17(2,3)12-6-4-5-11(7-12)16(25)24-10-15-14(19)8-13(9-23-15)18(20,21)22/h4-9H,10H2,1-3H3,(H,24,25). The van der Waals surface area contributed by atoms with E-state index in [1.807, 2.05) is 26.8 Å². The summed E-state index contributed by atoms with van der Waals surface area (Å²) in [6, 6.07) is 7.99. The second kappa shape index (κ2) is 7.04. The van der Waals surface area contributed by atoms with Crippen LogP contribution in [0.15, 0.2) is 36.5 Å². The molecule has 25 heavy (non-hydrogen) atoms. The van der Waals surface area contributed by atoms with E-state index in [1.165, 1.54) is 0 Å². The maximum atomic E-state index is 12.6. The van der Waals surface area contributed by atoms with Crippen molar-refractivity contribution >= 4 is 17.5 Å². The Morgan fingerprint density at radius 2 is 1.84 bits per heavy atom. The van der Waals surface area contributed by atoms with E-state index in [0.29, 0.717) is 11.8 Å². The monoisotopic (exact) mass is 370 g/mol. The van der Waals surface area contributed by atoms with E-state index in [2.05, 4.69) is 10.3 Å². The molecule has 134 valence electrons. The Bertz CT molecular complexity index is 783. The molecule has 0 unspecified atom stereocenters. The molecule has 0 radical (unpaired) electrons. The molecule has 1 aromatic heterocycles. The smallest absolute Gasteiger partial charge is 0.346 e. The predicted molar refractivity (Wildman–Crippen MR) is 90.6 cm³/mol. The molecule has 0 aliphatic heterocycles. The number of carbonyl (C=O) groups excluding carboxylic acids is 1. The molecule has 0 saturated heterocycles. The number of benzene rings is 1. The van der Waals surface area contributed by atoms with Gasteiger partial charge in [0.1, 0.15) is 0 Å². The molecule has 0 saturated carbocycles. The summed E-state index contributed by atoms with van der Waals surface area (Å²) < 4.78 is 37.8. The van der Waals surface area contributed by atoms with Crippen LogP contribution in [0, 0.1) is 0 Å². The Kier molecular flexibility index (Phi) is 5.42. The highest BCUT2D eigenvalue weighted by molar-refractivity contribution is 6.31. The Hall–Kier alpha value is -2.08. The van der Waals surface area contributed by atoms with E-state index in [0.717, 1.165) is 11.6 Å². The highest BCUT2D eigenvalue weighted by Gasteiger charge is 2.31. The second-order valence-corrected chi connectivity index (χ2v) is 7.07. The molecule has 0 fully saturated rings. The van der Waals surface area contributed by atoms with Crippen LogP contribution in [0.2, 0.25) is 5.02 Å². The summed E-state index contributed by atoms with van der Waals surface area (Å²) in [6.45, 7) is 6.05. The van der Waals surface area contributed by atoms with Crippen molar-refractivity contribution in [1.82, 2.24) is 10.3 Å². The zero-order valence-corrected chi connectivity index (χ0v) is 14.8. The molecule has 0 aliphatic carbocycles.